The first kappa shape index (κ1) is 21.6. The second kappa shape index (κ2) is 7.97. The number of carbonyl (C=O) groups excluding carboxylic acids is 1. The van der Waals surface area contributed by atoms with Crippen molar-refractivity contribution in [3.8, 4) is 0 Å². The third kappa shape index (κ3) is 4.57. The molecule has 0 saturated carbocycles. The number of aryl methyl sites for hydroxylation is 1. The number of hydrogen-bond donors (Lipinski definition) is 1. The Hall–Kier alpha value is -2.10. The van der Waals surface area contributed by atoms with Crippen LogP contribution in [0.2, 0.25) is 5.02 Å². The van der Waals surface area contributed by atoms with E-state index in [1.165, 1.54) is 28.6 Å². The smallest absolute Gasteiger partial charge is 0.322 e. The van der Waals surface area contributed by atoms with Crippen LogP contribution in [0.25, 0.3) is 0 Å². The summed E-state index contributed by atoms with van der Waals surface area (Å²) in [5.41, 5.74) is -0.611. The molecule has 2 aromatic carbocycles. The van der Waals surface area contributed by atoms with E-state index in [9.17, 15) is 26.4 Å². The molecule has 10 heteroatoms. The fraction of sp³-hybridized carbons (Fsp3) is 0.316. The molecule has 0 aliphatic carbocycles. The molecule has 0 atom stereocenters. The van der Waals surface area contributed by atoms with Gasteiger partial charge in [-0.05, 0) is 55.7 Å². The van der Waals surface area contributed by atoms with Crippen LogP contribution in [0.4, 0.5) is 18.9 Å². The minimum atomic E-state index is -4.67. The SMILES string of the molecule is Cc1ccc(S(=O)(=O)N2CCCC2)cc1C(=O)Nc1ccc(Cl)c(C(F)(F)F)c1. The van der Waals surface area contributed by atoms with E-state index in [-0.39, 0.29) is 16.1 Å². The highest BCUT2D eigenvalue weighted by Gasteiger charge is 2.33. The molecule has 3 rings (SSSR count). The Bertz CT molecular complexity index is 1050. The van der Waals surface area contributed by atoms with Crippen molar-refractivity contribution in [2.75, 3.05) is 18.4 Å². The lowest BCUT2D eigenvalue weighted by atomic mass is 10.1. The highest BCUT2D eigenvalue weighted by atomic mass is 35.5. The Labute approximate surface area is 171 Å². The first-order chi connectivity index (χ1) is 13.5. The molecule has 0 aromatic heterocycles. The van der Waals surface area contributed by atoms with Crippen LogP contribution in [0.3, 0.4) is 0 Å². The van der Waals surface area contributed by atoms with Crippen LogP contribution in [-0.4, -0.2) is 31.7 Å². The Balaban J connectivity index is 1.90. The average molecular weight is 447 g/mol. The van der Waals surface area contributed by atoms with E-state index >= 15 is 0 Å². The van der Waals surface area contributed by atoms with E-state index < -0.39 is 32.7 Å². The molecular weight excluding hydrogens is 429 g/mol. The van der Waals surface area contributed by atoms with Crippen LogP contribution < -0.4 is 5.32 Å². The van der Waals surface area contributed by atoms with E-state index in [1.807, 2.05) is 0 Å². The predicted molar refractivity (Wildman–Crippen MR) is 104 cm³/mol. The van der Waals surface area contributed by atoms with Gasteiger partial charge in [0.1, 0.15) is 0 Å². The van der Waals surface area contributed by atoms with Crippen molar-refractivity contribution in [3.63, 3.8) is 0 Å². The molecule has 5 nitrogen and oxygen atoms in total. The molecule has 2 aromatic rings. The van der Waals surface area contributed by atoms with Gasteiger partial charge in [0.25, 0.3) is 5.91 Å². The molecule has 0 radical (unpaired) electrons. The van der Waals surface area contributed by atoms with Gasteiger partial charge in [-0.25, -0.2) is 8.42 Å². The number of benzene rings is 2. The monoisotopic (exact) mass is 446 g/mol. The number of carbonyl (C=O) groups is 1. The zero-order valence-electron chi connectivity index (χ0n) is 15.4. The third-order valence-corrected chi connectivity index (χ3v) is 6.91. The number of amides is 1. The second-order valence-electron chi connectivity index (χ2n) is 6.73. The lowest BCUT2D eigenvalue weighted by Crippen LogP contribution is -2.28. The molecule has 1 amide bonds. The van der Waals surface area contributed by atoms with E-state index in [4.69, 9.17) is 11.6 Å². The summed E-state index contributed by atoms with van der Waals surface area (Å²) in [6.45, 7) is 2.45. The number of nitrogens with zero attached hydrogens (tertiary/aromatic N) is 1. The quantitative estimate of drug-likeness (QED) is 0.740. The predicted octanol–water partition coefficient (Wildman–Crippen LogP) is 4.70. The first-order valence-electron chi connectivity index (χ1n) is 8.79. The maximum atomic E-state index is 13.0. The molecule has 0 unspecified atom stereocenters. The maximum absolute atomic E-state index is 13.0. The molecule has 1 fully saturated rings. The van der Waals surface area contributed by atoms with Gasteiger partial charge >= 0.3 is 6.18 Å². The normalized spacial score (nSPS) is 15.5. The summed E-state index contributed by atoms with van der Waals surface area (Å²) in [5, 5.41) is 1.90. The van der Waals surface area contributed by atoms with Gasteiger partial charge in [-0.15, -0.1) is 0 Å². The Morgan fingerprint density at radius 1 is 1.10 bits per heavy atom. The van der Waals surface area contributed by atoms with Gasteiger partial charge in [0, 0.05) is 24.3 Å². The van der Waals surface area contributed by atoms with Crippen molar-refractivity contribution in [3.05, 3.63) is 58.1 Å². The van der Waals surface area contributed by atoms with Gasteiger partial charge < -0.3 is 5.32 Å². The van der Waals surface area contributed by atoms with Crippen molar-refractivity contribution in [1.82, 2.24) is 4.31 Å². The highest BCUT2D eigenvalue weighted by molar-refractivity contribution is 7.89. The lowest BCUT2D eigenvalue weighted by Gasteiger charge is -2.17. The number of hydrogen-bond acceptors (Lipinski definition) is 3. The Morgan fingerprint density at radius 2 is 1.76 bits per heavy atom. The zero-order valence-corrected chi connectivity index (χ0v) is 17.0. The van der Waals surface area contributed by atoms with Crippen molar-refractivity contribution >= 4 is 33.2 Å². The molecule has 0 spiro atoms. The van der Waals surface area contributed by atoms with Gasteiger partial charge in [-0.1, -0.05) is 17.7 Å². The summed E-state index contributed by atoms with van der Waals surface area (Å²) >= 11 is 5.59. The molecule has 1 saturated heterocycles. The number of rotatable bonds is 4. The summed E-state index contributed by atoms with van der Waals surface area (Å²) in [4.78, 5) is 12.6. The van der Waals surface area contributed by atoms with Crippen LogP contribution >= 0.6 is 11.6 Å². The molecule has 1 heterocycles. The van der Waals surface area contributed by atoms with Crippen LogP contribution in [0.15, 0.2) is 41.3 Å². The first-order valence-corrected chi connectivity index (χ1v) is 10.6. The summed E-state index contributed by atoms with van der Waals surface area (Å²) in [6, 6.07) is 7.20. The van der Waals surface area contributed by atoms with E-state index in [2.05, 4.69) is 5.32 Å². The Morgan fingerprint density at radius 3 is 2.38 bits per heavy atom. The van der Waals surface area contributed by atoms with E-state index in [0.717, 1.165) is 25.0 Å². The number of nitrogens with one attached hydrogen (secondary N) is 1. The molecule has 1 aliphatic rings. The largest absolute Gasteiger partial charge is 0.417 e. The summed E-state index contributed by atoms with van der Waals surface area (Å²) in [6.07, 6.45) is -3.12. The van der Waals surface area contributed by atoms with Crippen molar-refractivity contribution in [2.45, 2.75) is 30.8 Å². The zero-order chi connectivity index (χ0) is 21.4. The molecule has 1 N–H and O–H groups in total. The minimum absolute atomic E-state index is 0.0257. The van der Waals surface area contributed by atoms with Crippen molar-refractivity contribution in [1.29, 1.82) is 0 Å². The number of sulfonamides is 1. The van der Waals surface area contributed by atoms with Crippen LogP contribution in [0, 0.1) is 6.92 Å². The third-order valence-electron chi connectivity index (χ3n) is 4.69. The van der Waals surface area contributed by atoms with Crippen molar-refractivity contribution < 1.29 is 26.4 Å². The van der Waals surface area contributed by atoms with Crippen LogP contribution in [-0.2, 0) is 16.2 Å². The summed E-state index contributed by atoms with van der Waals surface area (Å²) in [5.74, 6) is -0.712. The number of alkyl halides is 3. The summed E-state index contributed by atoms with van der Waals surface area (Å²) < 4.78 is 65.9. The maximum Gasteiger partial charge on any atom is 0.417 e. The molecule has 156 valence electrons. The fourth-order valence-electron chi connectivity index (χ4n) is 3.10. The van der Waals surface area contributed by atoms with Crippen LogP contribution in [0.1, 0.15) is 34.3 Å². The fourth-order valence-corrected chi connectivity index (χ4v) is 4.87. The van der Waals surface area contributed by atoms with Gasteiger partial charge in [-0.2, -0.15) is 17.5 Å². The highest BCUT2D eigenvalue weighted by Crippen LogP contribution is 2.36. The molecule has 0 bridgehead atoms. The van der Waals surface area contributed by atoms with Gasteiger partial charge in [-0.3, -0.25) is 4.79 Å². The van der Waals surface area contributed by atoms with E-state index in [0.29, 0.717) is 18.7 Å². The van der Waals surface area contributed by atoms with Gasteiger partial charge in [0.2, 0.25) is 10.0 Å². The Kier molecular flexibility index (Phi) is 5.93. The van der Waals surface area contributed by atoms with Crippen molar-refractivity contribution in [2.24, 2.45) is 0 Å². The lowest BCUT2D eigenvalue weighted by molar-refractivity contribution is -0.137. The summed E-state index contributed by atoms with van der Waals surface area (Å²) in [7, 11) is -3.73. The van der Waals surface area contributed by atoms with Crippen LogP contribution in [0.5, 0.6) is 0 Å². The molecular formula is C19H18ClF3N2O3S. The van der Waals surface area contributed by atoms with E-state index in [1.54, 1.807) is 6.92 Å². The standard InChI is InChI=1S/C19H18ClF3N2O3S/c1-12-4-6-14(29(27,28)25-8-2-3-9-25)11-15(12)18(26)24-13-5-7-17(20)16(10-13)19(21,22)23/h4-7,10-11H,2-3,8-9H2,1H3,(H,24,26). The molecule has 1 aliphatic heterocycles. The second-order valence-corrected chi connectivity index (χ2v) is 9.08. The molecule has 29 heavy (non-hydrogen) atoms. The minimum Gasteiger partial charge on any atom is -0.322 e. The van der Waals surface area contributed by atoms with Gasteiger partial charge in [0.15, 0.2) is 0 Å². The van der Waals surface area contributed by atoms with Gasteiger partial charge in [0.05, 0.1) is 15.5 Å². The average Bonchev–Trinajstić information content (AvgIpc) is 3.18. The topological polar surface area (TPSA) is 66.5 Å². The number of anilines is 1. The number of halogens is 4.